The highest BCUT2D eigenvalue weighted by Crippen LogP contribution is 2.34. The predicted molar refractivity (Wildman–Crippen MR) is 60.8 cm³/mol. The van der Waals surface area contributed by atoms with Crippen molar-refractivity contribution in [1.29, 1.82) is 0 Å². The molecule has 1 saturated heterocycles. The number of hydrogen-bond acceptors (Lipinski definition) is 1. The van der Waals surface area contributed by atoms with Crippen LogP contribution in [0.5, 0.6) is 0 Å². The van der Waals surface area contributed by atoms with Crippen LogP contribution >= 0.6 is 11.6 Å². The fraction of sp³-hybridized carbons (Fsp3) is 0.500. The number of halogens is 1. The molecule has 0 radical (unpaired) electrons. The zero-order valence-electron chi connectivity index (χ0n) is 8.46. The zero-order chi connectivity index (χ0) is 9.97. The van der Waals surface area contributed by atoms with Gasteiger partial charge in [0.25, 0.3) is 0 Å². The highest BCUT2D eigenvalue weighted by Gasteiger charge is 2.27. The maximum absolute atomic E-state index is 6.20. The summed E-state index contributed by atoms with van der Waals surface area (Å²) in [4.78, 5) is 0. The first kappa shape index (κ1) is 10.0. The summed E-state index contributed by atoms with van der Waals surface area (Å²) in [5.41, 5.74) is 1.31. The lowest BCUT2D eigenvalue weighted by Gasteiger charge is -2.18. The minimum absolute atomic E-state index is 0.605. The first-order chi connectivity index (χ1) is 6.83. The second kappa shape index (κ2) is 4.33. The van der Waals surface area contributed by atoms with Crippen LogP contribution in [0.3, 0.4) is 0 Å². The van der Waals surface area contributed by atoms with Gasteiger partial charge in [0.15, 0.2) is 0 Å². The van der Waals surface area contributed by atoms with E-state index >= 15 is 0 Å². The first-order valence-corrected chi connectivity index (χ1v) is 5.66. The van der Waals surface area contributed by atoms with Crippen molar-refractivity contribution in [3.05, 3.63) is 34.9 Å². The van der Waals surface area contributed by atoms with E-state index in [1.54, 1.807) is 0 Å². The molecule has 0 aliphatic carbocycles. The van der Waals surface area contributed by atoms with E-state index in [2.05, 4.69) is 24.4 Å². The molecule has 0 bridgehead atoms. The van der Waals surface area contributed by atoms with Crippen LogP contribution in [-0.4, -0.2) is 13.1 Å². The van der Waals surface area contributed by atoms with Gasteiger partial charge >= 0.3 is 0 Å². The second-order valence-corrected chi connectivity index (χ2v) is 4.36. The van der Waals surface area contributed by atoms with Crippen LogP contribution in [0.25, 0.3) is 0 Å². The Balaban J connectivity index is 2.26. The van der Waals surface area contributed by atoms with Gasteiger partial charge in [0.1, 0.15) is 0 Å². The van der Waals surface area contributed by atoms with Gasteiger partial charge in [0.2, 0.25) is 0 Å². The minimum Gasteiger partial charge on any atom is -0.316 e. The third-order valence-electron chi connectivity index (χ3n) is 3.17. The largest absolute Gasteiger partial charge is 0.316 e. The Bertz CT molecular complexity index is 311. The highest BCUT2D eigenvalue weighted by molar-refractivity contribution is 6.31. The Morgan fingerprint density at radius 3 is 2.86 bits per heavy atom. The van der Waals surface area contributed by atoms with Gasteiger partial charge in [-0.25, -0.2) is 0 Å². The molecule has 2 rings (SSSR count). The molecular weight excluding hydrogens is 194 g/mol. The molecule has 1 fully saturated rings. The van der Waals surface area contributed by atoms with E-state index in [4.69, 9.17) is 11.6 Å². The SMILES string of the molecule is CC[C@H]1CNC[C@H]1c1ccccc1Cl. The first-order valence-electron chi connectivity index (χ1n) is 5.28. The van der Waals surface area contributed by atoms with E-state index in [-0.39, 0.29) is 0 Å². The Morgan fingerprint density at radius 1 is 1.36 bits per heavy atom. The van der Waals surface area contributed by atoms with Gasteiger partial charge in [-0.2, -0.15) is 0 Å². The quantitative estimate of drug-likeness (QED) is 0.790. The zero-order valence-corrected chi connectivity index (χ0v) is 9.22. The molecule has 2 heteroatoms. The molecule has 0 unspecified atom stereocenters. The van der Waals surface area contributed by atoms with Crippen LogP contribution in [0.2, 0.25) is 5.02 Å². The molecule has 1 aromatic carbocycles. The molecule has 1 heterocycles. The molecule has 0 aromatic heterocycles. The van der Waals surface area contributed by atoms with Crippen LogP contribution in [0.1, 0.15) is 24.8 Å². The summed E-state index contributed by atoms with van der Waals surface area (Å²) in [6.45, 7) is 4.45. The van der Waals surface area contributed by atoms with Crippen LogP contribution in [-0.2, 0) is 0 Å². The summed E-state index contributed by atoms with van der Waals surface area (Å²) in [6.07, 6.45) is 1.23. The van der Waals surface area contributed by atoms with Gasteiger partial charge < -0.3 is 5.32 Å². The van der Waals surface area contributed by atoms with Crippen molar-refractivity contribution < 1.29 is 0 Å². The van der Waals surface area contributed by atoms with Crippen molar-refractivity contribution in [1.82, 2.24) is 5.32 Å². The lowest BCUT2D eigenvalue weighted by atomic mass is 9.87. The highest BCUT2D eigenvalue weighted by atomic mass is 35.5. The Hall–Kier alpha value is -0.530. The summed E-state index contributed by atoms with van der Waals surface area (Å²) in [6, 6.07) is 8.21. The molecule has 1 N–H and O–H groups in total. The molecule has 2 atom stereocenters. The lowest BCUT2D eigenvalue weighted by molar-refractivity contribution is 0.503. The van der Waals surface area contributed by atoms with Crippen molar-refractivity contribution in [3.8, 4) is 0 Å². The van der Waals surface area contributed by atoms with Crippen molar-refractivity contribution >= 4 is 11.6 Å². The molecular formula is C12H16ClN. The van der Waals surface area contributed by atoms with Crippen LogP contribution in [0.4, 0.5) is 0 Å². The Labute approximate surface area is 90.5 Å². The predicted octanol–water partition coefficient (Wildman–Crippen LogP) is 3.05. The minimum atomic E-state index is 0.605. The summed E-state index contributed by atoms with van der Waals surface area (Å²) in [7, 11) is 0. The summed E-state index contributed by atoms with van der Waals surface area (Å²) < 4.78 is 0. The Kier molecular flexibility index (Phi) is 3.09. The number of rotatable bonds is 2. The summed E-state index contributed by atoms with van der Waals surface area (Å²) in [5.74, 6) is 1.35. The van der Waals surface area contributed by atoms with Gasteiger partial charge in [0.05, 0.1) is 0 Å². The van der Waals surface area contributed by atoms with Crippen LogP contribution < -0.4 is 5.32 Å². The van der Waals surface area contributed by atoms with Crippen LogP contribution in [0.15, 0.2) is 24.3 Å². The molecule has 1 aromatic rings. The third kappa shape index (κ3) is 1.79. The van der Waals surface area contributed by atoms with E-state index in [0.29, 0.717) is 5.92 Å². The lowest BCUT2D eigenvalue weighted by Crippen LogP contribution is -2.09. The normalized spacial score (nSPS) is 26.7. The molecule has 0 spiro atoms. The van der Waals surface area contributed by atoms with Gasteiger partial charge in [-0.3, -0.25) is 0 Å². The van der Waals surface area contributed by atoms with Gasteiger partial charge in [-0.05, 0) is 24.1 Å². The molecule has 0 saturated carbocycles. The van der Waals surface area contributed by atoms with E-state index < -0.39 is 0 Å². The summed E-state index contributed by atoms with van der Waals surface area (Å²) >= 11 is 6.20. The van der Waals surface area contributed by atoms with Crippen molar-refractivity contribution in [2.24, 2.45) is 5.92 Å². The fourth-order valence-corrected chi connectivity index (χ4v) is 2.58. The van der Waals surface area contributed by atoms with Crippen molar-refractivity contribution in [2.45, 2.75) is 19.3 Å². The van der Waals surface area contributed by atoms with Gasteiger partial charge in [-0.15, -0.1) is 0 Å². The second-order valence-electron chi connectivity index (χ2n) is 3.95. The fourth-order valence-electron chi connectivity index (χ4n) is 2.30. The maximum atomic E-state index is 6.20. The van der Waals surface area contributed by atoms with E-state index in [9.17, 15) is 0 Å². The monoisotopic (exact) mass is 209 g/mol. The molecule has 76 valence electrons. The Morgan fingerprint density at radius 2 is 2.14 bits per heavy atom. The summed E-state index contributed by atoms with van der Waals surface area (Å²) in [5, 5.41) is 4.36. The van der Waals surface area contributed by atoms with Crippen molar-refractivity contribution in [2.75, 3.05) is 13.1 Å². The maximum Gasteiger partial charge on any atom is 0.0441 e. The van der Waals surface area contributed by atoms with Crippen molar-refractivity contribution in [3.63, 3.8) is 0 Å². The molecule has 1 aliphatic rings. The third-order valence-corrected chi connectivity index (χ3v) is 3.51. The average Bonchev–Trinajstić information content (AvgIpc) is 2.66. The van der Waals surface area contributed by atoms with Gasteiger partial charge in [0, 0.05) is 17.5 Å². The van der Waals surface area contributed by atoms with E-state index in [1.165, 1.54) is 12.0 Å². The average molecular weight is 210 g/mol. The number of hydrogen-bond donors (Lipinski definition) is 1. The molecule has 14 heavy (non-hydrogen) atoms. The number of benzene rings is 1. The van der Waals surface area contributed by atoms with Crippen LogP contribution in [0, 0.1) is 5.92 Å². The molecule has 1 aliphatic heterocycles. The standard InChI is InChI=1S/C12H16ClN/c1-2-9-7-14-8-11(9)10-5-3-4-6-12(10)13/h3-6,9,11,14H,2,7-8H2,1H3/t9-,11+/m0/s1. The topological polar surface area (TPSA) is 12.0 Å². The smallest absolute Gasteiger partial charge is 0.0441 e. The number of nitrogens with one attached hydrogen (secondary N) is 1. The van der Waals surface area contributed by atoms with E-state index in [1.807, 2.05) is 12.1 Å². The molecule has 1 nitrogen and oxygen atoms in total. The molecule has 0 amide bonds. The van der Waals surface area contributed by atoms with Gasteiger partial charge in [-0.1, -0.05) is 43.1 Å². The van der Waals surface area contributed by atoms with E-state index in [0.717, 1.165) is 24.0 Å².